The first kappa shape index (κ1) is 14.1. The fraction of sp³-hybridized carbons (Fsp3) is 0.818. The Bertz CT molecular complexity index is 353. The number of aliphatic hydroxyl groups excluding tert-OH is 1. The summed E-state index contributed by atoms with van der Waals surface area (Å²) < 4.78 is 10.7. The molecule has 1 rings (SSSR count). The monoisotopic (exact) mass is 243 g/mol. The number of aromatic nitrogens is 2. The van der Waals surface area contributed by atoms with Gasteiger partial charge in [-0.1, -0.05) is 12.1 Å². The zero-order valence-corrected chi connectivity index (χ0v) is 10.8. The molecule has 0 amide bonds. The van der Waals surface area contributed by atoms with E-state index in [0.29, 0.717) is 12.4 Å². The molecule has 0 aromatic carbocycles. The zero-order chi connectivity index (χ0) is 13.1. The Hall–Kier alpha value is -0.980. The number of hydrogen-bond acceptors (Lipinski definition) is 6. The van der Waals surface area contributed by atoms with Gasteiger partial charge in [-0.25, -0.2) is 0 Å². The van der Waals surface area contributed by atoms with Crippen LogP contribution >= 0.6 is 0 Å². The van der Waals surface area contributed by atoms with Crippen LogP contribution < -0.4 is 5.73 Å². The Kier molecular flexibility index (Phi) is 4.62. The van der Waals surface area contributed by atoms with E-state index in [1.54, 1.807) is 6.92 Å². The molecule has 0 bridgehead atoms. The quantitative estimate of drug-likeness (QED) is 0.777. The highest BCUT2D eigenvalue weighted by molar-refractivity contribution is 5.02. The van der Waals surface area contributed by atoms with Gasteiger partial charge in [0.25, 0.3) is 0 Å². The molecule has 1 heterocycles. The van der Waals surface area contributed by atoms with Crippen LogP contribution in [0.4, 0.5) is 0 Å². The van der Waals surface area contributed by atoms with Crippen molar-refractivity contribution in [1.29, 1.82) is 0 Å². The van der Waals surface area contributed by atoms with Gasteiger partial charge < -0.3 is 20.1 Å². The summed E-state index contributed by atoms with van der Waals surface area (Å²) in [6.45, 7) is 7.95. The number of nitrogens with zero attached hydrogens (tertiary/aromatic N) is 2. The summed E-state index contributed by atoms with van der Waals surface area (Å²) in [6, 6.07) is -0.668. The highest BCUT2D eigenvalue weighted by Gasteiger charge is 2.32. The van der Waals surface area contributed by atoms with Gasteiger partial charge in [0.05, 0.1) is 6.10 Å². The van der Waals surface area contributed by atoms with Crippen LogP contribution in [0.3, 0.4) is 0 Å². The number of rotatable bonds is 6. The first-order chi connectivity index (χ1) is 7.94. The van der Waals surface area contributed by atoms with Crippen molar-refractivity contribution in [3.63, 3.8) is 0 Å². The van der Waals surface area contributed by atoms with Gasteiger partial charge in [-0.2, -0.15) is 4.98 Å². The van der Waals surface area contributed by atoms with Gasteiger partial charge >= 0.3 is 0 Å². The molecular weight excluding hydrogens is 222 g/mol. The molecule has 98 valence electrons. The fourth-order valence-corrected chi connectivity index (χ4v) is 1.44. The minimum Gasteiger partial charge on any atom is -0.391 e. The predicted octanol–water partition coefficient (Wildman–Crippen LogP) is 1.11. The van der Waals surface area contributed by atoms with Crippen molar-refractivity contribution in [2.45, 2.75) is 51.9 Å². The van der Waals surface area contributed by atoms with Crippen LogP contribution in [0.25, 0.3) is 0 Å². The molecule has 6 nitrogen and oxygen atoms in total. The van der Waals surface area contributed by atoms with E-state index in [9.17, 15) is 5.11 Å². The number of hydrogen-bond donors (Lipinski definition) is 2. The van der Waals surface area contributed by atoms with E-state index in [4.69, 9.17) is 15.0 Å². The highest BCUT2D eigenvalue weighted by atomic mass is 16.5. The number of ether oxygens (including phenoxy) is 1. The Morgan fingerprint density at radius 2 is 2.18 bits per heavy atom. The van der Waals surface area contributed by atoms with Gasteiger partial charge in [-0.15, -0.1) is 0 Å². The summed E-state index contributed by atoms with van der Waals surface area (Å²) in [6.07, 6.45) is -0.00716. The van der Waals surface area contributed by atoms with E-state index >= 15 is 0 Å². The van der Waals surface area contributed by atoms with Crippen molar-refractivity contribution in [2.24, 2.45) is 5.73 Å². The molecule has 3 atom stereocenters. The predicted molar refractivity (Wildman–Crippen MR) is 62.2 cm³/mol. The average Bonchev–Trinajstić information content (AvgIpc) is 2.77. The molecule has 0 aliphatic carbocycles. The zero-order valence-electron chi connectivity index (χ0n) is 10.8. The molecule has 0 saturated heterocycles. The Morgan fingerprint density at radius 3 is 2.65 bits per heavy atom. The number of nitrogens with two attached hydrogens (primary N) is 1. The molecule has 1 aromatic rings. The topological polar surface area (TPSA) is 94.4 Å². The van der Waals surface area contributed by atoms with Gasteiger partial charge in [0.1, 0.15) is 11.6 Å². The van der Waals surface area contributed by atoms with Gasteiger partial charge in [0.15, 0.2) is 0 Å². The molecule has 1 aromatic heterocycles. The molecular formula is C11H21N3O3. The average molecular weight is 243 g/mol. The lowest BCUT2D eigenvalue weighted by Gasteiger charge is -2.23. The molecule has 0 fully saturated rings. The summed E-state index contributed by atoms with van der Waals surface area (Å²) in [5.41, 5.74) is 5.15. The lowest BCUT2D eigenvalue weighted by molar-refractivity contribution is -0.0403. The van der Waals surface area contributed by atoms with Crippen LogP contribution in [-0.2, 0) is 10.3 Å². The van der Waals surface area contributed by atoms with Crippen LogP contribution in [0.5, 0.6) is 0 Å². The minimum absolute atomic E-state index is 0.231. The Balaban J connectivity index is 2.93. The maximum absolute atomic E-state index is 9.36. The largest absolute Gasteiger partial charge is 0.391 e. The van der Waals surface area contributed by atoms with E-state index in [1.165, 1.54) is 0 Å². The van der Waals surface area contributed by atoms with Gasteiger partial charge in [0, 0.05) is 6.61 Å². The van der Waals surface area contributed by atoms with Crippen molar-refractivity contribution >= 4 is 0 Å². The minimum atomic E-state index is -0.733. The molecule has 1 unspecified atom stereocenters. The van der Waals surface area contributed by atoms with Crippen molar-refractivity contribution in [1.82, 2.24) is 10.1 Å². The molecule has 6 heteroatoms. The lowest BCUT2D eigenvalue weighted by atomic mass is 10.0. The Labute approximate surface area is 101 Å². The lowest BCUT2D eigenvalue weighted by Crippen LogP contribution is -2.27. The van der Waals surface area contributed by atoms with E-state index in [1.807, 2.05) is 20.8 Å². The van der Waals surface area contributed by atoms with E-state index < -0.39 is 17.7 Å². The molecule has 0 radical (unpaired) electrons. The summed E-state index contributed by atoms with van der Waals surface area (Å²) >= 11 is 0. The summed E-state index contributed by atoms with van der Waals surface area (Å²) in [5.74, 6) is 0.697. The van der Waals surface area contributed by atoms with Crippen LogP contribution in [0.2, 0.25) is 0 Å². The normalized spacial score (nSPS) is 18.7. The molecule has 17 heavy (non-hydrogen) atoms. The van der Waals surface area contributed by atoms with E-state index in [-0.39, 0.29) is 5.89 Å². The molecule has 0 spiro atoms. The maximum Gasteiger partial charge on any atom is 0.246 e. The fourth-order valence-electron chi connectivity index (χ4n) is 1.44. The summed E-state index contributed by atoms with van der Waals surface area (Å²) in [4.78, 5) is 4.21. The second-order valence-corrected chi connectivity index (χ2v) is 4.24. The molecule has 3 N–H and O–H groups in total. The van der Waals surface area contributed by atoms with Crippen molar-refractivity contribution in [2.75, 3.05) is 6.61 Å². The first-order valence-electron chi connectivity index (χ1n) is 5.86. The van der Waals surface area contributed by atoms with Crippen molar-refractivity contribution in [3.8, 4) is 0 Å². The summed E-state index contributed by atoms with van der Waals surface area (Å²) in [5, 5.41) is 13.2. The van der Waals surface area contributed by atoms with E-state index in [2.05, 4.69) is 10.1 Å². The van der Waals surface area contributed by atoms with Crippen molar-refractivity contribution < 1.29 is 14.4 Å². The van der Waals surface area contributed by atoms with Gasteiger partial charge in [0.2, 0.25) is 11.7 Å². The van der Waals surface area contributed by atoms with Crippen molar-refractivity contribution in [3.05, 3.63) is 11.7 Å². The standard InChI is InChI=1S/C11H21N3O3/c1-5-11(4,16-6-2)10-13-9(17-14-10)8(12)7(3)15/h7-8,15H,5-6,12H2,1-4H3/t7-,8+,11?/m1/s1. The third-order valence-corrected chi connectivity index (χ3v) is 2.86. The second-order valence-electron chi connectivity index (χ2n) is 4.24. The molecule has 0 aliphatic heterocycles. The van der Waals surface area contributed by atoms with Crippen LogP contribution in [0.1, 0.15) is 51.9 Å². The molecule has 0 aliphatic rings. The van der Waals surface area contributed by atoms with Crippen LogP contribution in [0.15, 0.2) is 4.52 Å². The van der Waals surface area contributed by atoms with Crippen LogP contribution in [0, 0.1) is 0 Å². The smallest absolute Gasteiger partial charge is 0.246 e. The third-order valence-electron chi connectivity index (χ3n) is 2.86. The number of aliphatic hydroxyl groups is 1. The maximum atomic E-state index is 9.36. The summed E-state index contributed by atoms with van der Waals surface area (Å²) in [7, 11) is 0. The Morgan fingerprint density at radius 1 is 1.53 bits per heavy atom. The SMILES string of the molecule is CCOC(C)(CC)c1noc([C@@H](N)[C@@H](C)O)n1. The van der Waals surface area contributed by atoms with Gasteiger partial charge in [-0.3, -0.25) is 0 Å². The highest BCUT2D eigenvalue weighted by Crippen LogP contribution is 2.27. The second kappa shape index (κ2) is 5.57. The van der Waals surface area contributed by atoms with Gasteiger partial charge in [-0.05, 0) is 27.2 Å². The van der Waals surface area contributed by atoms with E-state index in [0.717, 1.165) is 6.42 Å². The van der Waals surface area contributed by atoms with Crippen LogP contribution in [-0.4, -0.2) is 28.0 Å². The first-order valence-corrected chi connectivity index (χ1v) is 5.86. The third kappa shape index (κ3) is 3.02. The molecule has 0 saturated carbocycles.